The molecule has 0 N–H and O–H groups in total. The number of anilines is 2. The van der Waals surface area contributed by atoms with Crippen LogP contribution in [0, 0.1) is 5.92 Å². The summed E-state index contributed by atoms with van der Waals surface area (Å²) in [6, 6.07) is 14.0. The van der Waals surface area contributed by atoms with Crippen LogP contribution >= 0.6 is 34.5 Å². The summed E-state index contributed by atoms with van der Waals surface area (Å²) >= 11 is 14.3. The van der Waals surface area contributed by atoms with E-state index in [4.69, 9.17) is 28.2 Å². The fraction of sp³-hybridized carbons (Fsp3) is 0.391. The lowest BCUT2D eigenvalue weighted by atomic mass is 9.95. The summed E-state index contributed by atoms with van der Waals surface area (Å²) in [5.74, 6) is 0.396. The largest absolute Gasteiger partial charge is 0.367 e. The number of piperazine rings is 1. The fourth-order valence-corrected chi connectivity index (χ4v) is 5.91. The normalized spacial score (nSPS) is 18.1. The minimum Gasteiger partial charge on any atom is -0.367 e. The molecule has 0 bridgehead atoms. The molecule has 2 fully saturated rings. The van der Waals surface area contributed by atoms with Crippen molar-refractivity contribution in [3.8, 4) is 0 Å². The molecule has 8 heteroatoms. The monoisotopic (exact) mass is 474 g/mol. The van der Waals surface area contributed by atoms with E-state index in [2.05, 4.69) is 28.0 Å². The third kappa shape index (κ3) is 4.21. The molecule has 31 heavy (non-hydrogen) atoms. The molecule has 1 aromatic heterocycles. The number of hydrogen-bond acceptors (Lipinski definition) is 5. The van der Waals surface area contributed by atoms with Gasteiger partial charge in [0.05, 0.1) is 25.9 Å². The first-order valence-corrected chi connectivity index (χ1v) is 12.3. The van der Waals surface area contributed by atoms with Crippen molar-refractivity contribution < 1.29 is 4.79 Å². The van der Waals surface area contributed by atoms with Gasteiger partial charge < -0.3 is 14.7 Å². The lowest BCUT2D eigenvalue weighted by Crippen LogP contribution is -2.51. The highest BCUT2D eigenvalue weighted by atomic mass is 35.5. The predicted octanol–water partition coefficient (Wildman–Crippen LogP) is 5.17. The Labute approximate surface area is 196 Å². The third-order valence-corrected chi connectivity index (χ3v) is 8.17. The van der Waals surface area contributed by atoms with Crippen molar-refractivity contribution in [2.45, 2.75) is 12.8 Å². The molecule has 5 rings (SSSR count). The molecular weight excluding hydrogens is 451 g/mol. The van der Waals surface area contributed by atoms with Gasteiger partial charge >= 0.3 is 0 Å². The van der Waals surface area contributed by atoms with E-state index >= 15 is 0 Å². The van der Waals surface area contributed by atoms with Gasteiger partial charge in [-0.2, -0.15) is 0 Å². The quantitative estimate of drug-likeness (QED) is 0.524. The second-order valence-corrected chi connectivity index (χ2v) is 9.91. The average Bonchev–Trinajstić information content (AvgIpc) is 3.25. The zero-order valence-corrected chi connectivity index (χ0v) is 19.5. The molecule has 0 radical (unpaired) electrons. The van der Waals surface area contributed by atoms with Gasteiger partial charge in [-0.15, -0.1) is 0 Å². The van der Waals surface area contributed by atoms with Crippen LogP contribution < -0.4 is 9.80 Å². The highest BCUT2D eigenvalue weighted by Gasteiger charge is 2.31. The Morgan fingerprint density at radius 2 is 1.65 bits per heavy atom. The molecule has 0 atom stereocenters. The Balaban J connectivity index is 1.16. The molecule has 162 valence electrons. The molecule has 3 heterocycles. The SMILES string of the molecule is O=C(C1CCN(c2nc3ccccc3s2)CC1)N1CCN(c2cccc(Cl)c2Cl)CC1. The Hall–Kier alpha value is -2.02. The number of rotatable bonds is 3. The second kappa shape index (κ2) is 8.85. The van der Waals surface area contributed by atoms with Crippen LogP contribution in [0.15, 0.2) is 42.5 Å². The van der Waals surface area contributed by atoms with E-state index in [1.807, 2.05) is 23.1 Å². The smallest absolute Gasteiger partial charge is 0.225 e. The van der Waals surface area contributed by atoms with Gasteiger partial charge in [0.1, 0.15) is 0 Å². The number of thiazole rings is 1. The number of aromatic nitrogens is 1. The first-order valence-electron chi connectivity index (χ1n) is 10.7. The number of carbonyl (C=O) groups is 1. The molecule has 3 aromatic rings. The first-order chi connectivity index (χ1) is 15.1. The van der Waals surface area contributed by atoms with Gasteiger partial charge in [0.2, 0.25) is 5.91 Å². The second-order valence-electron chi connectivity index (χ2n) is 8.11. The van der Waals surface area contributed by atoms with Gasteiger partial charge in [0.25, 0.3) is 0 Å². The van der Waals surface area contributed by atoms with Crippen molar-refractivity contribution in [1.82, 2.24) is 9.88 Å². The summed E-state index contributed by atoms with van der Waals surface area (Å²) in [4.78, 5) is 24.5. The van der Waals surface area contributed by atoms with E-state index in [9.17, 15) is 4.79 Å². The van der Waals surface area contributed by atoms with Crippen molar-refractivity contribution in [3.05, 3.63) is 52.5 Å². The summed E-state index contributed by atoms with van der Waals surface area (Å²) in [6.07, 6.45) is 1.77. The van der Waals surface area contributed by atoms with Crippen LogP contribution in [0.25, 0.3) is 10.2 Å². The average molecular weight is 475 g/mol. The molecule has 0 saturated carbocycles. The standard InChI is InChI=1S/C23H24Cl2N4OS/c24-17-4-3-6-19(21(17)25)27-12-14-28(15-13-27)22(30)16-8-10-29(11-9-16)23-26-18-5-1-2-7-20(18)31-23/h1-7,16H,8-15H2. The fourth-order valence-electron chi connectivity index (χ4n) is 4.48. The van der Waals surface area contributed by atoms with Crippen LogP contribution in [-0.4, -0.2) is 55.1 Å². The Morgan fingerprint density at radius 1 is 0.903 bits per heavy atom. The van der Waals surface area contributed by atoms with E-state index in [0.29, 0.717) is 16.0 Å². The molecule has 2 aliphatic rings. The number of piperidine rings is 1. The maximum absolute atomic E-state index is 13.1. The van der Waals surface area contributed by atoms with Gasteiger partial charge in [-0.05, 0) is 37.1 Å². The molecule has 2 aliphatic heterocycles. The summed E-state index contributed by atoms with van der Waals surface area (Å²) < 4.78 is 1.22. The Bertz CT molecular complexity index is 1060. The van der Waals surface area contributed by atoms with Crippen LogP contribution in [0.1, 0.15) is 12.8 Å². The van der Waals surface area contributed by atoms with E-state index in [1.165, 1.54) is 4.70 Å². The number of benzene rings is 2. The van der Waals surface area contributed by atoms with Gasteiger partial charge in [0, 0.05) is 45.2 Å². The molecular formula is C23H24Cl2N4OS. The zero-order valence-electron chi connectivity index (χ0n) is 17.1. The molecule has 2 saturated heterocycles. The van der Waals surface area contributed by atoms with Crippen molar-refractivity contribution in [2.75, 3.05) is 49.1 Å². The van der Waals surface area contributed by atoms with Gasteiger partial charge in [-0.25, -0.2) is 4.98 Å². The molecule has 2 aromatic carbocycles. The number of halogens is 2. The van der Waals surface area contributed by atoms with Crippen LogP contribution in [0.5, 0.6) is 0 Å². The maximum Gasteiger partial charge on any atom is 0.225 e. The van der Waals surface area contributed by atoms with Crippen molar-refractivity contribution in [1.29, 1.82) is 0 Å². The molecule has 1 amide bonds. The van der Waals surface area contributed by atoms with Crippen LogP contribution in [0.4, 0.5) is 10.8 Å². The molecule has 5 nitrogen and oxygen atoms in total. The highest BCUT2D eigenvalue weighted by molar-refractivity contribution is 7.22. The summed E-state index contributed by atoms with van der Waals surface area (Å²) in [5.41, 5.74) is 2.00. The topological polar surface area (TPSA) is 39.7 Å². The van der Waals surface area contributed by atoms with E-state index in [0.717, 1.165) is 68.4 Å². The predicted molar refractivity (Wildman–Crippen MR) is 130 cm³/mol. The van der Waals surface area contributed by atoms with Crippen molar-refractivity contribution in [2.24, 2.45) is 5.92 Å². The number of fused-ring (bicyclic) bond motifs is 1. The number of para-hydroxylation sites is 1. The zero-order chi connectivity index (χ0) is 21.4. The maximum atomic E-state index is 13.1. The van der Waals surface area contributed by atoms with E-state index < -0.39 is 0 Å². The van der Waals surface area contributed by atoms with Gasteiger partial charge in [-0.3, -0.25) is 4.79 Å². The van der Waals surface area contributed by atoms with Gasteiger partial charge in [0.15, 0.2) is 5.13 Å². The van der Waals surface area contributed by atoms with E-state index in [-0.39, 0.29) is 5.92 Å². The third-order valence-electron chi connectivity index (χ3n) is 6.26. The Kier molecular flexibility index (Phi) is 5.95. The summed E-state index contributed by atoms with van der Waals surface area (Å²) in [6.45, 7) is 4.76. The lowest BCUT2D eigenvalue weighted by Gasteiger charge is -2.39. The lowest BCUT2D eigenvalue weighted by molar-refractivity contribution is -0.136. The molecule has 0 spiro atoms. The summed E-state index contributed by atoms with van der Waals surface area (Å²) in [7, 11) is 0. The highest BCUT2D eigenvalue weighted by Crippen LogP contribution is 2.34. The number of amides is 1. The van der Waals surface area contributed by atoms with Crippen LogP contribution in [0.2, 0.25) is 10.0 Å². The first kappa shape index (κ1) is 20.9. The number of nitrogens with zero attached hydrogens (tertiary/aromatic N) is 4. The minimum absolute atomic E-state index is 0.104. The molecule has 0 unspecified atom stereocenters. The minimum atomic E-state index is 0.104. The van der Waals surface area contributed by atoms with Gasteiger partial charge in [-0.1, -0.05) is 52.7 Å². The molecule has 0 aliphatic carbocycles. The van der Waals surface area contributed by atoms with Crippen LogP contribution in [0.3, 0.4) is 0 Å². The van der Waals surface area contributed by atoms with E-state index in [1.54, 1.807) is 17.4 Å². The van der Waals surface area contributed by atoms with Crippen molar-refractivity contribution >= 4 is 61.5 Å². The Morgan fingerprint density at radius 3 is 2.39 bits per heavy atom. The number of hydrogen-bond donors (Lipinski definition) is 0. The van der Waals surface area contributed by atoms with Crippen LogP contribution in [-0.2, 0) is 4.79 Å². The number of carbonyl (C=O) groups excluding carboxylic acids is 1. The van der Waals surface area contributed by atoms with Crippen molar-refractivity contribution in [3.63, 3.8) is 0 Å². The summed E-state index contributed by atoms with van der Waals surface area (Å²) in [5, 5.41) is 2.22.